The predicted molar refractivity (Wildman–Crippen MR) is 120 cm³/mol. The van der Waals surface area contributed by atoms with Gasteiger partial charge in [0.1, 0.15) is 0 Å². The molecule has 1 N–H and O–H groups in total. The maximum atomic E-state index is 9.49. The summed E-state index contributed by atoms with van der Waals surface area (Å²) in [5.41, 5.74) is 1.26. The summed E-state index contributed by atoms with van der Waals surface area (Å²) in [7, 11) is 1.65. The van der Waals surface area contributed by atoms with Crippen molar-refractivity contribution in [2.24, 2.45) is 0 Å². The number of carbonyl (C=O) groups excluding carboxylic acids is 2. The molecule has 32 heavy (non-hydrogen) atoms. The molecular weight excluding hydrogens is 444 g/mol. The first-order valence-electron chi connectivity index (χ1n) is 9.41. The third-order valence-electron chi connectivity index (χ3n) is 3.13. The molecule has 0 aliphatic rings. The molecule has 1 rings (SSSR count). The van der Waals surface area contributed by atoms with E-state index in [1.807, 2.05) is 42.5 Å². The molecule has 1 atom stereocenters. The van der Waals surface area contributed by atoms with Crippen LogP contribution >= 0.6 is 0 Å². The summed E-state index contributed by atoms with van der Waals surface area (Å²) in [6.07, 6.45) is 3.89. The van der Waals surface area contributed by atoms with E-state index in [-0.39, 0.29) is 61.6 Å². The van der Waals surface area contributed by atoms with Gasteiger partial charge in [-0.15, -0.1) is 0 Å². The van der Waals surface area contributed by atoms with Gasteiger partial charge in [-0.1, -0.05) is 55.6 Å². The number of aliphatic hydroxyl groups excluding tert-OH is 1. The van der Waals surface area contributed by atoms with Gasteiger partial charge in [0.2, 0.25) is 0 Å². The summed E-state index contributed by atoms with van der Waals surface area (Å²) >= 11 is 0. The molecular formula is C23H32CaO8. The Labute approximate surface area is 220 Å². The zero-order valence-electron chi connectivity index (χ0n) is 19.1. The largest absolute Gasteiger partial charge is 2.00 e. The van der Waals surface area contributed by atoms with E-state index < -0.39 is 11.9 Å². The molecule has 174 valence electrons. The van der Waals surface area contributed by atoms with Crippen LogP contribution in [0.2, 0.25) is 0 Å². The number of carboxylic acid groups (broad SMARTS) is 2. The first kappa shape index (κ1) is 35.1. The van der Waals surface area contributed by atoms with Gasteiger partial charge in [-0.05, 0) is 30.6 Å². The minimum absolute atomic E-state index is 0. The van der Waals surface area contributed by atoms with Gasteiger partial charge < -0.3 is 39.1 Å². The van der Waals surface area contributed by atoms with Gasteiger partial charge >= 0.3 is 37.7 Å². The van der Waals surface area contributed by atoms with Crippen molar-refractivity contribution in [2.75, 3.05) is 40.1 Å². The molecule has 1 aromatic carbocycles. The Hall–Kier alpha value is -1.52. The summed E-state index contributed by atoms with van der Waals surface area (Å²) in [5, 5.41) is 27.5. The quantitative estimate of drug-likeness (QED) is 0.253. The average molecular weight is 477 g/mol. The zero-order chi connectivity index (χ0) is 24.1. The van der Waals surface area contributed by atoms with E-state index in [4.69, 9.17) is 19.3 Å². The molecule has 0 amide bonds. The Kier molecular flexibility index (Phi) is 26.4. The van der Waals surface area contributed by atoms with E-state index in [2.05, 4.69) is 13.2 Å². The normalized spacial score (nSPS) is 10.5. The third-order valence-corrected chi connectivity index (χ3v) is 3.13. The number of ether oxygens (including phenoxy) is 3. The minimum atomic E-state index is -1.19. The van der Waals surface area contributed by atoms with Crippen LogP contribution in [-0.4, -0.2) is 101 Å². The number of carboxylic acids is 2. The van der Waals surface area contributed by atoms with E-state index in [0.29, 0.717) is 26.4 Å². The number of benzene rings is 1. The monoisotopic (exact) mass is 476 g/mol. The number of hydrogen-bond donors (Lipinski definition) is 1. The smallest absolute Gasteiger partial charge is 0.545 e. The molecule has 0 spiro atoms. The van der Waals surface area contributed by atoms with Crippen LogP contribution in [0.25, 0.3) is 6.08 Å². The molecule has 0 aliphatic heterocycles. The molecule has 1 unspecified atom stereocenters. The van der Waals surface area contributed by atoms with E-state index in [1.165, 1.54) is 13.8 Å². The Bertz CT molecular complexity index is 626. The second-order valence-corrected chi connectivity index (χ2v) is 6.11. The molecule has 0 aliphatic carbocycles. The fourth-order valence-electron chi connectivity index (χ4n) is 1.53. The molecule has 0 fully saturated rings. The van der Waals surface area contributed by atoms with Gasteiger partial charge in [0.05, 0.1) is 51.1 Å². The van der Waals surface area contributed by atoms with Gasteiger partial charge in [0, 0.05) is 7.11 Å². The number of methoxy groups -OCH3 is 1. The SMILES string of the molecule is C=C(C)C(=O)[O-].C=C(C)C(=O)[O-].COCC(C=Cc1ccccc1)OCCOCCO.[Ca+2]. The Balaban J connectivity index is -0.000000535. The van der Waals surface area contributed by atoms with Crippen LogP contribution < -0.4 is 10.2 Å². The van der Waals surface area contributed by atoms with Crippen molar-refractivity contribution in [2.45, 2.75) is 20.0 Å². The Morgan fingerprint density at radius 3 is 1.94 bits per heavy atom. The number of hydrogen-bond acceptors (Lipinski definition) is 8. The van der Waals surface area contributed by atoms with Crippen LogP contribution in [-0.2, 0) is 23.8 Å². The van der Waals surface area contributed by atoms with Gasteiger partial charge in [0.15, 0.2) is 0 Å². The molecule has 1 aromatic rings. The van der Waals surface area contributed by atoms with Crippen LogP contribution in [0.5, 0.6) is 0 Å². The fourth-order valence-corrected chi connectivity index (χ4v) is 1.53. The maximum Gasteiger partial charge on any atom is 2.00 e. The molecule has 0 heterocycles. The van der Waals surface area contributed by atoms with Crippen LogP contribution in [0, 0.1) is 0 Å². The summed E-state index contributed by atoms with van der Waals surface area (Å²) in [6.45, 7) is 10.8. The van der Waals surface area contributed by atoms with Gasteiger partial charge in [-0.25, -0.2) is 0 Å². The van der Waals surface area contributed by atoms with E-state index >= 15 is 0 Å². The summed E-state index contributed by atoms with van der Waals surface area (Å²) in [5.74, 6) is -2.37. The zero-order valence-corrected chi connectivity index (χ0v) is 21.3. The van der Waals surface area contributed by atoms with Crippen molar-refractivity contribution in [1.29, 1.82) is 0 Å². The third kappa shape index (κ3) is 24.7. The Morgan fingerprint density at radius 2 is 1.53 bits per heavy atom. The summed E-state index contributed by atoms with van der Waals surface area (Å²) < 4.78 is 15.9. The topological polar surface area (TPSA) is 128 Å². The van der Waals surface area contributed by atoms with Crippen molar-refractivity contribution < 1.29 is 39.1 Å². The Morgan fingerprint density at radius 1 is 1.03 bits per heavy atom. The molecule has 9 heteroatoms. The predicted octanol–water partition coefficient (Wildman–Crippen LogP) is -0.0157. The molecule has 8 nitrogen and oxygen atoms in total. The summed E-state index contributed by atoms with van der Waals surface area (Å²) in [6, 6.07) is 10.0. The van der Waals surface area contributed by atoms with Crippen LogP contribution in [0.15, 0.2) is 60.7 Å². The minimum Gasteiger partial charge on any atom is -0.545 e. The van der Waals surface area contributed by atoms with Crippen molar-refractivity contribution in [1.82, 2.24) is 0 Å². The van der Waals surface area contributed by atoms with Crippen molar-refractivity contribution >= 4 is 55.8 Å². The summed E-state index contributed by atoms with van der Waals surface area (Å²) in [4.78, 5) is 19.0. The average Bonchev–Trinajstić information content (AvgIpc) is 2.73. The van der Waals surface area contributed by atoms with E-state index in [0.717, 1.165) is 5.56 Å². The van der Waals surface area contributed by atoms with Crippen molar-refractivity contribution in [3.8, 4) is 0 Å². The van der Waals surface area contributed by atoms with E-state index in [1.54, 1.807) is 7.11 Å². The standard InChI is InChI=1S/C15H22O4.2C4H6O2.Ca/c1-17-13-15(19-12-11-18-10-9-16)8-7-14-5-3-2-4-6-14;2*1-3(2)4(5)6;/h2-8,15-16H,9-13H2,1H3;2*1H2,2H3,(H,5,6);/q;;;+2/p-2. The van der Waals surface area contributed by atoms with Crippen molar-refractivity contribution in [3.63, 3.8) is 0 Å². The molecule has 0 saturated carbocycles. The number of rotatable bonds is 12. The fraction of sp³-hybridized carbons (Fsp3) is 0.391. The molecule has 0 saturated heterocycles. The number of carbonyl (C=O) groups is 2. The van der Waals surface area contributed by atoms with Gasteiger partial charge in [-0.3, -0.25) is 0 Å². The van der Waals surface area contributed by atoms with Crippen LogP contribution in [0.1, 0.15) is 19.4 Å². The number of aliphatic carboxylic acids is 2. The van der Waals surface area contributed by atoms with Crippen molar-refractivity contribution in [3.05, 3.63) is 66.3 Å². The van der Waals surface area contributed by atoms with Crippen LogP contribution in [0.4, 0.5) is 0 Å². The van der Waals surface area contributed by atoms with Gasteiger partial charge in [0.25, 0.3) is 0 Å². The molecule has 0 bridgehead atoms. The molecule has 0 aromatic heterocycles. The second kappa shape index (κ2) is 24.1. The molecule has 0 radical (unpaired) electrons. The van der Waals surface area contributed by atoms with E-state index in [9.17, 15) is 19.8 Å². The first-order valence-corrected chi connectivity index (χ1v) is 9.41. The van der Waals surface area contributed by atoms with Gasteiger partial charge in [-0.2, -0.15) is 0 Å². The second-order valence-electron chi connectivity index (χ2n) is 6.11. The first-order chi connectivity index (χ1) is 14.6. The number of aliphatic hydroxyl groups is 1. The maximum absolute atomic E-state index is 9.49. The van der Waals surface area contributed by atoms with Crippen LogP contribution in [0.3, 0.4) is 0 Å².